The minimum atomic E-state index is -3.66. The lowest BCUT2D eigenvalue weighted by atomic mass is 10.1. The molecule has 1 saturated heterocycles. The third-order valence-corrected chi connectivity index (χ3v) is 5.87. The number of hydrogen-bond donors (Lipinski definition) is 1. The van der Waals surface area contributed by atoms with E-state index >= 15 is 0 Å². The van der Waals surface area contributed by atoms with Gasteiger partial charge in [-0.25, -0.2) is 12.7 Å². The predicted octanol–water partition coefficient (Wildman–Crippen LogP) is 1.09. The van der Waals surface area contributed by atoms with Gasteiger partial charge in [-0.1, -0.05) is 6.07 Å². The van der Waals surface area contributed by atoms with Crippen LogP contribution in [0.2, 0.25) is 0 Å². The highest BCUT2D eigenvalue weighted by molar-refractivity contribution is 7.94. The number of carbonyl (C=O) groups excluding carboxylic acids is 1. The highest BCUT2D eigenvalue weighted by Crippen LogP contribution is 2.36. The maximum atomic E-state index is 12.0. The van der Waals surface area contributed by atoms with Gasteiger partial charge in [0.05, 0.1) is 11.5 Å². The normalized spacial score (nSPS) is 19.0. The number of benzene rings is 1. The Labute approximate surface area is 122 Å². The molecule has 1 aliphatic heterocycles. The predicted molar refractivity (Wildman–Crippen MR) is 76.2 cm³/mol. The fourth-order valence-electron chi connectivity index (χ4n) is 2.12. The molecule has 0 aromatic heterocycles. The van der Waals surface area contributed by atoms with Gasteiger partial charge in [-0.3, -0.25) is 14.9 Å². The molecule has 2 rings (SSSR count). The first-order chi connectivity index (χ1) is 9.62. The molecule has 1 N–H and O–H groups in total. The average Bonchev–Trinajstić information content (AvgIpc) is 2.43. The third-order valence-electron chi connectivity index (χ3n) is 3.53. The SMILES string of the molecule is CNc1cc(CN2C(=O)C(C)(C)S2(=O)=O)ccc1[N+](=O)[O-]. The van der Waals surface area contributed by atoms with Crippen molar-refractivity contribution in [3.63, 3.8) is 0 Å². The molecule has 0 spiro atoms. The second-order valence-corrected chi connectivity index (χ2v) is 7.60. The second kappa shape index (κ2) is 4.69. The maximum absolute atomic E-state index is 12.0. The molecule has 1 heterocycles. The zero-order chi connectivity index (χ0) is 16.0. The molecule has 1 aromatic carbocycles. The first kappa shape index (κ1) is 15.2. The van der Waals surface area contributed by atoms with E-state index in [1.54, 1.807) is 0 Å². The Bertz CT molecular complexity index is 726. The molecule has 21 heavy (non-hydrogen) atoms. The van der Waals surface area contributed by atoms with Crippen molar-refractivity contribution in [2.75, 3.05) is 12.4 Å². The van der Waals surface area contributed by atoms with Crippen molar-refractivity contribution in [3.8, 4) is 0 Å². The molecule has 0 bridgehead atoms. The van der Waals surface area contributed by atoms with Gasteiger partial charge in [0.2, 0.25) is 0 Å². The Hall–Kier alpha value is -2.16. The summed E-state index contributed by atoms with van der Waals surface area (Å²) in [5, 5.41) is 13.5. The molecule has 0 unspecified atom stereocenters. The Kier molecular flexibility index (Phi) is 3.40. The summed E-state index contributed by atoms with van der Waals surface area (Å²) in [4.78, 5) is 22.1. The molecule has 9 heteroatoms. The molecular weight excluding hydrogens is 298 g/mol. The highest BCUT2D eigenvalue weighted by atomic mass is 32.2. The minimum Gasteiger partial charge on any atom is -0.383 e. The van der Waals surface area contributed by atoms with Gasteiger partial charge >= 0.3 is 0 Å². The Morgan fingerprint density at radius 3 is 2.48 bits per heavy atom. The van der Waals surface area contributed by atoms with Crippen LogP contribution < -0.4 is 5.32 Å². The zero-order valence-corrected chi connectivity index (χ0v) is 12.6. The monoisotopic (exact) mass is 313 g/mol. The molecule has 0 radical (unpaired) electrons. The maximum Gasteiger partial charge on any atom is 0.292 e. The number of rotatable bonds is 4. The van der Waals surface area contributed by atoms with Crippen LogP contribution in [0.4, 0.5) is 11.4 Å². The van der Waals surface area contributed by atoms with Crippen LogP contribution in [0.5, 0.6) is 0 Å². The van der Waals surface area contributed by atoms with Crippen molar-refractivity contribution in [3.05, 3.63) is 33.9 Å². The lowest BCUT2D eigenvalue weighted by molar-refractivity contribution is -0.384. The molecule has 1 amide bonds. The number of amides is 1. The lowest BCUT2D eigenvalue weighted by Gasteiger charge is -2.43. The van der Waals surface area contributed by atoms with E-state index in [0.29, 0.717) is 5.56 Å². The van der Waals surface area contributed by atoms with Gasteiger partial charge in [0, 0.05) is 13.1 Å². The van der Waals surface area contributed by atoms with Crippen molar-refractivity contribution in [1.29, 1.82) is 0 Å². The summed E-state index contributed by atoms with van der Waals surface area (Å²) in [6.45, 7) is 2.59. The Morgan fingerprint density at radius 2 is 2.00 bits per heavy atom. The molecule has 1 aliphatic rings. The van der Waals surface area contributed by atoms with Crippen molar-refractivity contribution in [2.24, 2.45) is 0 Å². The molecule has 0 aliphatic carbocycles. The van der Waals surface area contributed by atoms with Crippen LogP contribution in [0.1, 0.15) is 19.4 Å². The number of nitrogens with one attached hydrogen (secondary N) is 1. The first-order valence-electron chi connectivity index (χ1n) is 6.14. The number of hydrogen-bond acceptors (Lipinski definition) is 6. The van der Waals surface area contributed by atoms with Crippen molar-refractivity contribution in [2.45, 2.75) is 25.1 Å². The number of nitro benzene ring substituents is 1. The summed E-state index contributed by atoms with van der Waals surface area (Å²) in [6, 6.07) is 4.18. The third kappa shape index (κ3) is 2.13. The summed E-state index contributed by atoms with van der Waals surface area (Å²) in [5.74, 6) is -0.480. The van der Waals surface area contributed by atoms with E-state index in [-0.39, 0.29) is 17.9 Å². The highest BCUT2D eigenvalue weighted by Gasteiger charge is 2.59. The summed E-state index contributed by atoms with van der Waals surface area (Å²) < 4.78 is 23.4. The quantitative estimate of drug-likeness (QED) is 0.658. The van der Waals surface area contributed by atoms with E-state index in [1.807, 2.05) is 0 Å². The van der Waals surface area contributed by atoms with Gasteiger partial charge in [0.25, 0.3) is 21.6 Å². The molecule has 8 nitrogen and oxygen atoms in total. The molecule has 0 saturated carbocycles. The van der Waals surface area contributed by atoms with E-state index in [2.05, 4.69) is 5.32 Å². The molecule has 1 aromatic rings. The van der Waals surface area contributed by atoms with Crippen LogP contribution in [-0.4, -0.2) is 35.3 Å². The minimum absolute atomic E-state index is 0.112. The number of sulfonamides is 1. The number of nitrogens with zero attached hydrogens (tertiary/aromatic N) is 2. The van der Waals surface area contributed by atoms with Gasteiger partial charge in [-0.2, -0.15) is 0 Å². The van der Waals surface area contributed by atoms with Crippen molar-refractivity contribution < 1.29 is 18.1 Å². The number of anilines is 1. The summed E-state index contributed by atoms with van der Waals surface area (Å²) in [6.07, 6.45) is 0. The zero-order valence-electron chi connectivity index (χ0n) is 11.8. The largest absolute Gasteiger partial charge is 0.383 e. The number of nitro groups is 1. The summed E-state index contributed by atoms with van der Waals surface area (Å²) in [7, 11) is -2.14. The first-order valence-corrected chi connectivity index (χ1v) is 7.58. The lowest BCUT2D eigenvalue weighted by Crippen LogP contribution is -2.66. The van der Waals surface area contributed by atoms with E-state index in [1.165, 1.54) is 39.1 Å². The summed E-state index contributed by atoms with van der Waals surface area (Å²) >= 11 is 0. The van der Waals surface area contributed by atoms with Gasteiger partial charge < -0.3 is 5.32 Å². The standard InChI is InChI=1S/C12H15N3O5S/c1-12(2)11(16)14(21(12,19)20)7-8-4-5-10(15(17)18)9(6-8)13-3/h4-6,13H,7H2,1-3H3. The molecular formula is C12H15N3O5S. The van der Waals surface area contributed by atoms with Crippen molar-refractivity contribution >= 4 is 27.3 Å². The van der Waals surface area contributed by atoms with Gasteiger partial charge in [-0.15, -0.1) is 0 Å². The van der Waals surface area contributed by atoms with E-state index in [9.17, 15) is 23.3 Å². The molecule has 0 atom stereocenters. The van der Waals surface area contributed by atoms with Crippen LogP contribution in [0.3, 0.4) is 0 Å². The molecule has 1 fully saturated rings. The van der Waals surface area contributed by atoms with Crippen LogP contribution in [0.15, 0.2) is 18.2 Å². The van der Waals surface area contributed by atoms with Crippen LogP contribution in [-0.2, 0) is 21.4 Å². The fourth-order valence-corrected chi connectivity index (χ4v) is 3.64. The van der Waals surface area contributed by atoms with Gasteiger partial charge in [0.15, 0.2) is 4.75 Å². The van der Waals surface area contributed by atoms with Gasteiger partial charge in [0.1, 0.15) is 5.69 Å². The van der Waals surface area contributed by atoms with E-state index in [4.69, 9.17) is 0 Å². The summed E-state index contributed by atoms with van der Waals surface area (Å²) in [5.41, 5.74) is 0.652. The molecule has 114 valence electrons. The Morgan fingerprint density at radius 1 is 1.38 bits per heavy atom. The number of carbonyl (C=O) groups is 1. The van der Waals surface area contributed by atoms with Crippen molar-refractivity contribution in [1.82, 2.24) is 4.31 Å². The Balaban J connectivity index is 2.30. The van der Waals surface area contributed by atoms with E-state index < -0.39 is 25.6 Å². The van der Waals surface area contributed by atoms with E-state index in [0.717, 1.165) is 4.31 Å². The smallest absolute Gasteiger partial charge is 0.292 e. The van der Waals surface area contributed by atoms with Crippen LogP contribution >= 0.6 is 0 Å². The fraction of sp³-hybridized carbons (Fsp3) is 0.417. The second-order valence-electron chi connectivity index (χ2n) is 5.19. The average molecular weight is 313 g/mol. The van der Waals surface area contributed by atoms with Crippen LogP contribution in [0.25, 0.3) is 0 Å². The topological polar surface area (TPSA) is 110 Å². The van der Waals surface area contributed by atoms with Gasteiger partial charge in [-0.05, 0) is 25.5 Å². The van der Waals surface area contributed by atoms with Crippen LogP contribution in [0, 0.1) is 10.1 Å².